The number of likely N-dealkylation sites (N-methyl/N-ethyl adjacent to an activating group) is 1. The topological polar surface area (TPSA) is 105 Å². The van der Waals surface area contributed by atoms with Crippen LogP contribution in [0, 0.1) is 0 Å². The summed E-state index contributed by atoms with van der Waals surface area (Å²) in [6, 6.07) is -0.865. The van der Waals surface area contributed by atoms with E-state index in [1.807, 2.05) is 27.2 Å². The molecule has 0 fully saturated rings. The van der Waals surface area contributed by atoms with E-state index in [1.54, 1.807) is 6.08 Å². The predicted octanol–water partition coefficient (Wildman–Crippen LogP) is 21.4. The molecule has 0 aromatic rings. The Balaban J connectivity index is 4.08. The quantitative estimate of drug-likeness (QED) is 0.0243. The van der Waals surface area contributed by atoms with Crippen LogP contribution in [-0.4, -0.2) is 73.4 Å². The lowest BCUT2D eigenvalue weighted by Crippen LogP contribution is -2.45. The van der Waals surface area contributed by atoms with Gasteiger partial charge in [-0.25, -0.2) is 4.57 Å². The Hall–Kier alpha value is -1.54. The van der Waals surface area contributed by atoms with Crippen LogP contribution in [-0.2, 0) is 18.4 Å². The van der Waals surface area contributed by atoms with Crippen molar-refractivity contribution in [3.63, 3.8) is 0 Å². The van der Waals surface area contributed by atoms with Gasteiger partial charge in [0, 0.05) is 6.42 Å². The summed E-state index contributed by atoms with van der Waals surface area (Å²) in [5.74, 6) is -0.182. The Morgan fingerprint density at radius 3 is 1.10 bits per heavy atom. The fourth-order valence-electron chi connectivity index (χ4n) is 10.2. The summed E-state index contributed by atoms with van der Waals surface area (Å²) in [5.41, 5.74) is 0. The highest BCUT2D eigenvalue weighted by molar-refractivity contribution is 7.47. The van der Waals surface area contributed by atoms with E-state index in [0.29, 0.717) is 17.4 Å². The fourth-order valence-corrected chi connectivity index (χ4v) is 10.9. The molecule has 78 heavy (non-hydrogen) atoms. The van der Waals surface area contributed by atoms with Gasteiger partial charge in [-0.15, -0.1) is 0 Å². The number of nitrogens with one attached hydrogen (secondary N) is 1. The average molecular weight is 1120 g/mol. The second kappa shape index (κ2) is 60.1. The number of rotatable bonds is 63. The highest BCUT2D eigenvalue weighted by Gasteiger charge is 2.28. The number of aliphatic hydroxyl groups excluding tert-OH is 1. The molecule has 0 aliphatic heterocycles. The molecule has 3 atom stereocenters. The van der Waals surface area contributed by atoms with Gasteiger partial charge in [-0.1, -0.05) is 313 Å². The molecule has 3 N–H and O–H groups in total. The summed E-state index contributed by atoms with van der Waals surface area (Å²) in [5, 5.41) is 14.0. The first kappa shape index (κ1) is 76.5. The lowest BCUT2D eigenvalue weighted by atomic mass is 10.0. The molecule has 3 unspecified atom stereocenters. The molecular formula is C69H134N2O6P+. The van der Waals surface area contributed by atoms with E-state index in [9.17, 15) is 19.4 Å². The monoisotopic (exact) mass is 1120 g/mol. The maximum Gasteiger partial charge on any atom is 0.472 e. The van der Waals surface area contributed by atoms with Gasteiger partial charge in [0.05, 0.1) is 39.9 Å². The van der Waals surface area contributed by atoms with Crippen molar-refractivity contribution >= 4 is 13.7 Å². The van der Waals surface area contributed by atoms with Crippen LogP contribution in [0.2, 0.25) is 0 Å². The summed E-state index contributed by atoms with van der Waals surface area (Å²) < 4.78 is 23.8. The number of allylic oxidation sites excluding steroid dienone is 7. The first-order valence-electron chi connectivity index (χ1n) is 34.0. The minimum atomic E-state index is -4.36. The van der Waals surface area contributed by atoms with Gasteiger partial charge in [-0.2, -0.15) is 0 Å². The van der Waals surface area contributed by atoms with Gasteiger partial charge in [0.25, 0.3) is 0 Å². The van der Waals surface area contributed by atoms with Crippen LogP contribution < -0.4 is 5.32 Å². The van der Waals surface area contributed by atoms with Crippen LogP contribution in [0.25, 0.3) is 0 Å². The largest absolute Gasteiger partial charge is 0.472 e. The van der Waals surface area contributed by atoms with Gasteiger partial charge in [0.15, 0.2) is 0 Å². The Morgan fingerprint density at radius 2 is 0.744 bits per heavy atom. The summed E-state index contributed by atoms with van der Waals surface area (Å²) >= 11 is 0. The lowest BCUT2D eigenvalue weighted by molar-refractivity contribution is -0.870. The number of aliphatic hydroxyl groups is 1. The zero-order chi connectivity index (χ0) is 57.0. The van der Waals surface area contributed by atoms with Gasteiger partial charge in [-0.3, -0.25) is 13.8 Å². The van der Waals surface area contributed by atoms with E-state index < -0.39 is 20.0 Å². The van der Waals surface area contributed by atoms with E-state index in [1.165, 1.54) is 270 Å². The second-order valence-corrected chi connectivity index (χ2v) is 26.0. The van der Waals surface area contributed by atoms with Crippen molar-refractivity contribution in [2.45, 2.75) is 347 Å². The molecule has 0 aliphatic rings. The molecule has 1 amide bonds. The van der Waals surface area contributed by atoms with Gasteiger partial charge in [0.2, 0.25) is 5.91 Å². The Bertz CT molecular complexity index is 1410. The maximum absolute atomic E-state index is 13.0. The molecule has 460 valence electrons. The number of nitrogens with zero attached hydrogens (tertiary/aromatic N) is 1. The summed E-state index contributed by atoms with van der Waals surface area (Å²) in [6.45, 7) is 4.84. The average Bonchev–Trinajstić information content (AvgIpc) is 3.41. The van der Waals surface area contributed by atoms with Crippen molar-refractivity contribution in [3.8, 4) is 0 Å². The fraction of sp³-hybridized carbons (Fsp3) is 0.870. The second-order valence-electron chi connectivity index (χ2n) is 24.5. The smallest absolute Gasteiger partial charge is 0.387 e. The van der Waals surface area contributed by atoms with Crippen LogP contribution in [0.15, 0.2) is 48.6 Å². The standard InChI is InChI=1S/C69H133N2O6P/c1-6-8-10-12-14-16-18-20-22-24-26-28-30-31-32-33-34-35-36-37-38-39-41-43-45-47-49-51-53-55-57-59-61-63-69(73)70-67(66-77-78(74,75)76-65-64-71(3,4)5)68(72)62-60-58-56-54-52-50-48-46-44-42-40-29-27-25-23-21-19-17-15-13-11-9-7-2/h26,28,31-32,52,54,60,62,67-68,72H,6-25,27,29-30,33-51,53,55-59,61,63-66H2,1-5H3,(H-,70,73,74,75)/p+1/b28-26-,32-31-,54-52+,62-60+. The van der Waals surface area contributed by atoms with Crippen LogP contribution in [0.5, 0.6) is 0 Å². The molecule has 0 saturated heterocycles. The van der Waals surface area contributed by atoms with Crippen molar-refractivity contribution in [1.82, 2.24) is 5.32 Å². The maximum atomic E-state index is 13.0. The number of carbonyl (C=O) groups is 1. The van der Waals surface area contributed by atoms with E-state index in [0.717, 1.165) is 44.9 Å². The number of hydrogen-bond donors (Lipinski definition) is 3. The van der Waals surface area contributed by atoms with Crippen LogP contribution in [0.1, 0.15) is 335 Å². The van der Waals surface area contributed by atoms with Crippen LogP contribution >= 0.6 is 7.82 Å². The minimum absolute atomic E-state index is 0.0568. The van der Waals surface area contributed by atoms with E-state index >= 15 is 0 Å². The predicted molar refractivity (Wildman–Crippen MR) is 341 cm³/mol. The molecule has 8 nitrogen and oxygen atoms in total. The third-order valence-corrected chi connectivity index (χ3v) is 16.5. The van der Waals surface area contributed by atoms with E-state index in [-0.39, 0.29) is 19.1 Å². The summed E-state index contributed by atoms with van der Waals surface area (Å²) in [4.78, 5) is 23.4. The van der Waals surface area contributed by atoms with Gasteiger partial charge in [-0.05, 0) is 64.2 Å². The van der Waals surface area contributed by atoms with Crippen molar-refractivity contribution < 1.29 is 32.9 Å². The molecule has 0 heterocycles. The lowest BCUT2D eigenvalue weighted by Gasteiger charge is -2.25. The number of carbonyl (C=O) groups excluding carboxylic acids is 1. The molecule has 0 saturated carbocycles. The molecule has 0 aromatic carbocycles. The molecule has 0 aromatic heterocycles. The number of unbranched alkanes of at least 4 members (excludes halogenated alkanes) is 44. The number of hydrogen-bond acceptors (Lipinski definition) is 5. The number of phosphoric acid groups is 1. The number of amides is 1. The zero-order valence-corrected chi connectivity index (χ0v) is 53.6. The normalized spacial score (nSPS) is 14.0. The third-order valence-electron chi connectivity index (χ3n) is 15.5. The Labute approximate surface area is 486 Å². The highest BCUT2D eigenvalue weighted by Crippen LogP contribution is 2.43. The molecule has 0 aliphatic carbocycles. The van der Waals surface area contributed by atoms with Crippen molar-refractivity contribution in [1.29, 1.82) is 0 Å². The van der Waals surface area contributed by atoms with Crippen LogP contribution in [0.3, 0.4) is 0 Å². The Morgan fingerprint density at radius 1 is 0.436 bits per heavy atom. The molecular weight excluding hydrogens is 984 g/mol. The SMILES string of the molecule is CCCCCCCCCCC/C=C\C/C=C\CCCCCCCCCCCCCCCCCCCC(=O)NC(COP(=O)(O)OCC[N+](C)(C)C)C(O)/C=C/CC/C=C/CCCCCCCCCCCCCCCCCCC. The molecule has 0 spiro atoms. The highest BCUT2D eigenvalue weighted by atomic mass is 31.2. The molecule has 0 radical (unpaired) electrons. The Kier molecular flexibility index (Phi) is 58.9. The zero-order valence-electron chi connectivity index (χ0n) is 52.7. The third kappa shape index (κ3) is 62.1. The van der Waals surface area contributed by atoms with Crippen molar-refractivity contribution in [2.24, 2.45) is 0 Å². The minimum Gasteiger partial charge on any atom is -0.387 e. The summed E-state index contributed by atoms with van der Waals surface area (Å²) in [7, 11) is 1.57. The first-order chi connectivity index (χ1) is 38.0. The van der Waals surface area contributed by atoms with Crippen molar-refractivity contribution in [2.75, 3.05) is 40.9 Å². The molecule has 0 rings (SSSR count). The molecule has 9 heteroatoms. The van der Waals surface area contributed by atoms with Crippen molar-refractivity contribution in [3.05, 3.63) is 48.6 Å². The van der Waals surface area contributed by atoms with Gasteiger partial charge < -0.3 is 19.8 Å². The molecule has 0 bridgehead atoms. The van der Waals surface area contributed by atoms with Gasteiger partial charge >= 0.3 is 7.82 Å². The first-order valence-corrected chi connectivity index (χ1v) is 35.5. The van der Waals surface area contributed by atoms with E-state index in [2.05, 4.69) is 55.6 Å². The summed E-state index contributed by atoms with van der Waals surface area (Å²) in [6.07, 6.45) is 81.1. The van der Waals surface area contributed by atoms with Gasteiger partial charge in [0.1, 0.15) is 13.2 Å². The van der Waals surface area contributed by atoms with E-state index in [4.69, 9.17) is 9.05 Å². The number of quaternary nitrogens is 1. The number of phosphoric ester groups is 1. The van der Waals surface area contributed by atoms with Crippen LogP contribution in [0.4, 0.5) is 0 Å².